The van der Waals surface area contributed by atoms with Crippen molar-refractivity contribution in [2.45, 2.75) is 136 Å². The monoisotopic (exact) mass is 662 g/mol. The zero-order chi connectivity index (χ0) is 35.0. The van der Waals surface area contributed by atoms with E-state index in [0.29, 0.717) is 12.8 Å². The Balaban J connectivity index is 3.82. The number of unbranched alkanes of at least 4 members (excludes halogenated alkanes) is 5. The molecular weight excluding hydrogens is 596 g/mol. The van der Waals surface area contributed by atoms with Crippen LogP contribution in [-0.4, -0.2) is 36.4 Å². The van der Waals surface area contributed by atoms with Crippen molar-refractivity contribution in [3.63, 3.8) is 0 Å². The summed E-state index contributed by atoms with van der Waals surface area (Å²) in [6, 6.07) is 0. The summed E-state index contributed by atoms with van der Waals surface area (Å²) in [7, 11) is 0. The zero-order valence-corrected chi connectivity index (χ0v) is 30.2. The normalized spacial score (nSPS) is 13.5. The Labute approximate surface area is 293 Å². The summed E-state index contributed by atoms with van der Waals surface area (Å²) in [5.74, 6) is -0.739. The van der Waals surface area contributed by atoms with Crippen LogP contribution in [0.2, 0.25) is 0 Å². The molecule has 48 heavy (non-hydrogen) atoms. The summed E-state index contributed by atoms with van der Waals surface area (Å²) in [6.07, 6.45) is 54.4. The fraction of sp³-hybridized carbons (Fsp3) is 0.535. The fourth-order valence-electron chi connectivity index (χ4n) is 4.28. The van der Waals surface area contributed by atoms with E-state index >= 15 is 0 Å². The standard InChI is InChI=1S/C43H66O5/c1-3-5-7-9-11-13-15-17-19-21-23-25-27-29-31-33-35-37-42(45)47-40-41(39-44)48-43(46)38-36-34-32-30-28-26-24-22-20-18-16-14-12-10-8-6-4-2/h6,8,11-14,17-20,23-26,29-32,41,44H,3-5,7,9-10,15-16,21-22,27-28,33-40H2,1-2H3/b8-6+,13-11+,14-12+,19-17+,20-18+,25-23+,26-24+,31-29+,32-30+/t41-/m0/s1. The van der Waals surface area contributed by atoms with Gasteiger partial charge in [-0.1, -0.05) is 136 Å². The molecule has 0 unspecified atom stereocenters. The van der Waals surface area contributed by atoms with Gasteiger partial charge in [0.25, 0.3) is 0 Å². The lowest BCUT2D eigenvalue weighted by Crippen LogP contribution is -2.28. The van der Waals surface area contributed by atoms with Gasteiger partial charge in [-0.25, -0.2) is 0 Å². The van der Waals surface area contributed by atoms with E-state index in [1.54, 1.807) is 0 Å². The third-order valence-electron chi connectivity index (χ3n) is 7.05. The first-order chi connectivity index (χ1) is 23.6. The maximum absolute atomic E-state index is 12.1. The van der Waals surface area contributed by atoms with E-state index in [2.05, 4.69) is 123 Å². The van der Waals surface area contributed by atoms with Gasteiger partial charge in [-0.15, -0.1) is 0 Å². The molecule has 0 amide bonds. The van der Waals surface area contributed by atoms with Crippen LogP contribution in [0.4, 0.5) is 0 Å². The number of carbonyl (C=O) groups is 2. The van der Waals surface area contributed by atoms with Gasteiger partial charge in [-0.05, 0) is 89.9 Å². The third-order valence-corrected chi connectivity index (χ3v) is 7.05. The van der Waals surface area contributed by atoms with Gasteiger partial charge in [-0.2, -0.15) is 0 Å². The number of esters is 2. The first-order valence-electron chi connectivity index (χ1n) is 18.4. The molecule has 0 bridgehead atoms. The highest BCUT2D eigenvalue weighted by Crippen LogP contribution is 2.06. The Hall–Kier alpha value is -3.44. The molecule has 0 saturated carbocycles. The Bertz CT molecular complexity index is 1020. The first-order valence-corrected chi connectivity index (χ1v) is 18.4. The van der Waals surface area contributed by atoms with Gasteiger partial charge >= 0.3 is 11.9 Å². The van der Waals surface area contributed by atoms with Crippen LogP contribution in [0.15, 0.2) is 109 Å². The Morgan fingerprint density at radius 2 is 0.875 bits per heavy atom. The second kappa shape index (κ2) is 38.0. The lowest BCUT2D eigenvalue weighted by atomic mass is 10.2. The molecule has 0 aliphatic heterocycles. The van der Waals surface area contributed by atoms with Crippen molar-refractivity contribution >= 4 is 11.9 Å². The maximum Gasteiger partial charge on any atom is 0.306 e. The van der Waals surface area contributed by atoms with Gasteiger partial charge in [0.15, 0.2) is 6.10 Å². The third kappa shape index (κ3) is 35.4. The van der Waals surface area contributed by atoms with Gasteiger partial charge in [0.1, 0.15) is 6.61 Å². The molecule has 5 heteroatoms. The fourth-order valence-corrected chi connectivity index (χ4v) is 4.28. The van der Waals surface area contributed by atoms with Gasteiger partial charge in [-0.3, -0.25) is 9.59 Å². The van der Waals surface area contributed by atoms with Gasteiger partial charge in [0.2, 0.25) is 0 Å². The highest BCUT2D eigenvalue weighted by atomic mass is 16.6. The molecular formula is C43H66O5. The molecule has 0 saturated heterocycles. The topological polar surface area (TPSA) is 72.8 Å². The molecule has 0 rings (SSSR count). The van der Waals surface area contributed by atoms with E-state index in [9.17, 15) is 14.7 Å². The molecule has 0 aromatic rings. The first kappa shape index (κ1) is 44.6. The van der Waals surface area contributed by atoms with Gasteiger partial charge in [0, 0.05) is 12.8 Å². The number of aliphatic hydroxyl groups excluding tert-OH is 1. The number of carbonyl (C=O) groups excluding carboxylic acids is 2. The molecule has 0 aromatic heterocycles. The average Bonchev–Trinajstić information content (AvgIpc) is 3.09. The Kier molecular flexibility index (Phi) is 35.3. The average molecular weight is 663 g/mol. The van der Waals surface area contributed by atoms with E-state index in [0.717, 1.165) is 64.2 Å². The van der Waals surface area contributed by atoms with Crippen LogP contribution >= 0.6 is 0 Å². The summed E-state index contributed by atoms with van der Waals surface area (Å²) in [6.45, 7) is 3.87. The molecule has 1 atom stereocenters. The number of ether oxygens (including phenoxy) is 2. The summed E-state index contributed by atoms with van der Waals surface area (Å²) in [4.78, 5) is 24.2. The van der Waals surface area contributed by atoms with Gasteiger partial charge < -0.3 is 14.6 Å². The van der Waals surface area contributed by atoms with Crippen LogP contribution < -0.4 is 0 Å². The van der Waals surface area contributed by atoms with Crippen molar-refractivity contribution in [2.24, 2.45) is 0 Å². The lowest BCUT2D eigenvalue weighted by Gasteiger charge is -2.15. The molecule has 1 N–H and O–H groups in total. The van der Waals surface area contributed by atoms with E-state index in [1.807, 2.05) is 0 Å². The van der Waals surface area contributed by atoms with Crippen LogP contribution in [0.25, 0.3) is 0 Å². The molecule has 0 fully saturated rings. The summed E-state index contributed by atoms with van der Waals surface area (Å²) < 4.78 is 10.5. The van der Waals surface area contributed by atoms with Crippen molar-refractivity contribution in [3.05, 3.63) is 109 Å². The SMILES string of the molecule is CC/C=C/C/C=C/C/C=C/C/C=C/C/C=C/CCCC(=O)O[C@@H](CO)COC(=O)CCC/C=C/C/C=C/C/C=C/C/C=C/CCCCC. The minimum Gasteiger partial charge on any atom is -0.462 e. The van der Waals surface area contributed by atoms with Crippen LogP contribution in [0.5, 0.6) is 0 Å². The van der Waals surface area contributed by atoms with E-state index < -0.39 is 12.1 Å². The van der Waals surface area contributed by atoms with Crippen LogP contribution in [0.1, 0.15) is 129 Å². The number of aliphatic hydroxyl groups is 1. The van der Waals surface area contributed by atoms with Crippen molar-refractivity contribution in [1.29, 1.82) is 0 Å². The number of rotatable bonds is 31. The molecule has 0 aliphatic carbocycles. The highest BCUT2D eigenvalue weighted by molar-refractivity contribution is 5.70. The quantitative estimate of drug-likeness (QED) is 0.0454. The highest BCUT2D eigenvalue weighted by Gasteiger charge is 2.15. The zero-order valence-electron chi connectivity index (χ0n) is 30.2. The Morgan fingerprint density at radius 3 is 1.27 bits per heavy atom. The number of allylic oxidation sites excluding steroid dienone is 18. The second-order valence-electron chi connectivity index (χ2n) is 11.6. The van der Waals surface area contributed by atoms with Crippen LogP contribution in [0.3, 0.4) is 0 Å². The maximum atomic E-state index is 12.1. The second-order valence-corrected chi connectivity index (χ2v) is 11.6. The predicted molar refractivity (Wildman–Crippen MR) is 205 cm³/mol. The Morgan fingerprint density at radius 1 is 0.500 bits per heavy atom. The van der Waals surface area contributed by atoms with E-state index in [1.165, 1.54) is 25.7 Å². The largest absolute Gasteiger partial charge is 0.462 e. The van der Waals surface area contributed by atoms with Crippen molar-refractivity contribution in [1.82, 2.24) is 0 Å². The van der Waals surface area contributed by atoms with Crippen LogP contribution in [-0.2, 0) is 19.1 Å². The minimum absolute atomic E-state index is 0.125. The van der Waals surface area contributed by atoms with Gasteiger partial charge in [0.05, 0.1) is 6.61 Å². The van der Waals surface area contributed by atoms with Crippen molar-refractivity contribution < 1.29 is 24.2 Å². The number of hydrogen-bond acceptors (Lipinski definition) is 5. The van der Waals surface area contributed by atoms with Crippen molar-refractivity contribution in [3.8, 4) is 0 Å². The molecule has 0 spiro atoms. The molecule has 0 radical (unpaired) electrons. The van der Waals surface area contributed by atoms with Crippen molar-refractivity contribution in [2.75, 3.05) is 13.2 Å². The summed E-state index contributed by atoms with van der Waals surface area (Å²) in [5, 5.41) is 9.52. The molecule has 268 valence electrons. The predicted octanol–water partition coefficient (Wildman–Crippen LogP) is 11.5. The number of hydrogen-bond donors (Lipinski definition) is 1. The smallest absolute Gasteiger partial charge is 0.306 e. The lowest BCUT2D eigenvalue weighted by molar-refractivity contribution is -0.161. The molecule has 0 heterocycles. The summed E-state index contributed by atoms with van der Waals surface area (Å²) >= 11 is 0. The molecule has 0 aromatic carbocycles. The molecule has 5 nitrogen and oxygen atoms in total. The molecule has 0 aliphatic rings. The van der Waals surface area contributed by atoms with Crippen LogP contribution in [0, 0.1) is 0 Å². The minimum atomic E-state index is -0.830. The van der Waals surface area contributed by atoms with E-state index in [4.69, 9.17) is 9.47 Å². The summed E-state index contributed by atoms with van der Waals surface area (Å²) in [5.41, 5.74) is 0. The van der Waals surface area contributed by atoms with E-state index in [-0.39, 0.29) is 32.0 Å².